The summed E-state index contributed by atoms with van der Waals surface area (Å²) in [5.41, 5.74) is 2.18. The lowest BCUT2D eigenvalue weighted by atomic mass is 10.1. The van der Waals surface area contributed by atoms with Crippen molar-refractivity contribution in [2.24, 2.45) is 7.05 Å². The third kappa shape index (κ3) is 1.99. The first kappa shape index (κ1) is 12.8. The molecule has 20 heavy (non-hydrogen) atoms. The molecule has 0 bridgehead atoms. The number of benzene rings is 1. The van der Waals surface area contributed by atoms with Crippen molar-refractivity contribution >= 4 is 5.97 Å². The minimum Gasteiger partial charge on any atom is -0.481 e. The van der Waals surface area contributed by atoms with Gasteiger partial charge in [0.25, 0.3) is 0 Å². The van der Waals surface area contributed by atoms with Crippen LogP contribution in [-0.4, -0.2) is 20.6 Å². The molecule has 1 N–H and O–H groups in total. The Balaban J connectivity index is 1.95. The highest BCUT2D eigenvalue weighted by atomic mass is 19.1. The lowest BCUT2D eigenvalue weighted by Gasteiger charge is -2.06. The summed E-state index contributed by atoms with van der Waals surface area (Å²) in [6.45, 7) is 0. The standard InChI is InChI=1S/C15H15FN2O2/c1-18-12-7-6-10(15(19)20)14(12)17-13(18)8-9-4-2-3-5-11(9)16/h2-5,10H,6-8H2,1H3,(H,19,20). The second-order valence-electron chi connectivity index (χ2n) is 5.12. The van der Waals surface area contributed by atoms with Crippen LogP contribution in [0, 0.1) is 5.82 Å². The first-order valence-electron chi connectivity index (χ1n) is 6.58. The monoisotopic (exact) mass is 274 g/mol. The fraction of sp³-hybridized carbons (Fsp3) is 0.333. The average Bonchev–Trinajstić information content (AvgIpc) is 2.94. The predicted octanol–water partition coefficient (Wildman–Crippen LogP) is 2.26. The van der Waals surface area contributed by atoms with Gasteiger partial charge in [-0.25, -0.2) is 9.37 Å². The fourth-order valence-electron chi connectivity index (χ4n) is 2.81. The van der Waals surface area contributed by atoms with Crippen LogP contribution in [0.25, 0.3) is 0 Å². The molecule has 2 aromatic rings. The third-order valence-corrected chi connectivity index (χ3v) is 3.94. The second kappa shape index (κ2) is 4.74. The zero-order chi connectivity index (χ0) is 14.3. The van der Waals surface area contributed by atoms with Crippen LogP contribution < -0.4 is 0 Å². The first-order chi connectivity index (χ1) is 9.58. The van der Waals surface area contributed by atoms with Crippen LogP contribution in [0.15, 0.2) is 24.3 Å². The molecule has 104 valence electrons. The van der Waals surface area contributed by atoms with Crippen molar-refractivity contribution in [2.75, 3.05) is 0 Å². The summed E-state index contributed by atoms with van der Waals surface area (Å²) in [6.07, 6.45) is 1.69. The number of aliphatic carboxylic acids is 1. The molecule has 3 rings (SSSR count). The van der Waals surface area contributed by atoms with Crippen LogP contribution in [0.3, 0.4) is 0 Å². The number of hydrogen-bond acceptors (Lipinski definition) is 2. The van der Waals surface area contributed by atoms with Crippen molar-refractivity contribution in [1.29, 1.82) is 0 Å². The molecule has 4 nitrogen and oxygen atoms in total. The maximum absolute atomic E-state index is 13.7. The van der Waals surface area contributed by atoms with Gasteiger partial charge in [-0.05, 0) is 24.5 Å². The van der Waals surface area contributed by atoms with E-state index in [1.165, 1.54) is 6.07 Å². The van der Waals surface area contributed by atoms with Crippen LogP contribution in [0.1, 0.15) is 35.1 Å². The van der Waals surface area contributed by atoms with E-state index in [2.05, 4.69) is 4.98 Å². The summed E-state index contributed by atoms with van der Waals surface area (Å²) < 4.78 is 15.6. The molecule has 1 atom stereocenters. The van der Waals surface area contributed by atoms with E-state index in [-0.39, 0.29) is 5.82 Å². The van der Waals surface area contributed by atoms with E-state index in [9.17, 15) is 14.3 Å². The third-order valence-electron chi connectivity index (χ3n) is 3.94. The number of rotatable bonds is 3. The number of hydrogen-bond donors (Lipinski definition) is 1. The molecular weight excluding hydrogens is 259 g/mol. The van der Waals surface area contributed by atoms with Crippen molar-refractivity contribution in [3.63, 3.8) is 0 Å². The number of carbonyl (C=O) groups is 1. The van der Waals surface area contributed by atoms with E-state index in [4.69, 9.17) is 0 Å². The Morgan fingerprint density at radius 1 is 1.50 bits per heavy atom. The van der Waals surface area contributed by atoms with Crippen molar-refractivity contribution < 1.29 is 14.3 Å². The molecule has 1 unspecified atom stereocenters. The van der Waals surface area contributed by atoms with Crippen LogP contribution in [-0.2, 0) is 24.7 Å². The van der Waals surface area contributed by atoms with Gasteiger partial charge in [0, 0.05) is 19.2 Å². The molecule has 0 fully saturated rings. The van der Waals surface area contributed by atoms with Crippen LogP contribution >= 0.6 is 0 Å². The Morgan fingerprint density at radius 2 is 2.25 bits per heavy atom. The van der Waals surface area contributed by atoms with Gasteiger partial charge in [-0.15, -0.1) is 0 Å². The van der Waals surface area contributed by atoms with E-state index >= 15 is 0 Å². The summed E-state index contributed by atoms with van der Waals surface area (Å²) >= 11 is 0. The smallest absolute Gasteiger partial charge is 0.312 e. The highest BCUT2D eigenvalue weighted by Gasteiger charge is 2.33. The zero-order valence-electron chi connectivity index (χ0n) is 11.1. The number of carboxylic acid groups (broad SMARTS) is 1. The Morgan fingerprint density at radius 3 is 2.95 bits per heavy atom. The molecule has 1 aromatic heterocycles. The van der Waals surface area contributed by atoms with Gasteiger partial charge in [0.1, 0.15) is 17.6 Å². The van der Waals surface area contributed by atoms with Crippen molar-refractivity contribution in [1.82, 2.24) is 9.55 Å². The summed E-state index contributed by atoms with van der Waals surface area (Å²) in [7, 11) is 1.87. The normalized spacial score (nSPS) is 17.2. The Hall–Kier alpha value is -2.17. The lowest BCUT2D eigenvalue weighted by molar-refractivity contribution is -0.138. The molecule has 5 heteroatoms. The number of aromatic nitrogens is 2. The van der Waals surface area contributed by atoms with Crippen LogP contribution in [0.2, 0.25) is 0 Å². The van der Waals surface area contributed by atoms with Crippen molar-refractivity contribution in [2.45, 2.75) is 25.2 Å². The topological polar surface area (TPSA) is 55.1 Å². The Kier molecular flexibility index (Phi) is 3.04. The predicted molar refractivity (Wildman–Crippen MR) is 71.1 cm³/mol. The molecule has 1 aliphatic carbocycles. The summed E-state index contributed by atoms with van der Waals surface area (Å²) in [5.74, 6) is -0.902. The maximum atomic E-state index is 13.7. The van der Waals surface area contributed by atoms with E-state index < -0.39 is 11.9 Å². The molecule has 1 aromatic carbocycles. The Bertz CT molecular complexity index is 679. The molecule has 0 saturated heterocycles. The summed E-state index contributed by atoms with van der Waals surface area (Å²) in [6, 6.07) is 6.59. The zero-order valence-corrected chi connectivity index (χ0v) is 11.1. The van der Waals surface area contributed by atoms with Gasteiger partial charge < -0.3 is 9.67 Å². The lowest BCUT2D eigenvalue weighted by Crippen LogP contribution is -2.09. The van der Waals surface area contributed by atoms with E-state index in [1.54, 1.807) is 18.2 Å². The molecule has 0 spiro atoms. The maximum Gasteiger partial charge on any atom is 0.312 e. The molecule has 1 heterocycles. The van der Waals surface area contributed by atoms with Gasteiger partial charge in [0.15, 0.2) is 0 Å². The molecular formula is C15H15FN2O2. The molecule has 1 aliphatic rings. The first-order valence-corrected chi connectivity index (χ1v) is 6.58. The van der Waals surface area contributed by atoms with Crippen LogP contribution in [0.5, 0.6) is 0 Å². The van der Waals surface area contributed by atoms with Gasteiger partial charge in [0.05, 0.1) is 5.69 Å². The minimum atomic E-state index is -0.834. The largest absolute Gasteiger partial charge is 0.481 e. The molecule has 0 radical (unpaired) electrons. The fourth-order valence-corrected chi connectivity index (χ4v) is 2.81. The average molecular weight is 274 g/mol. The SMILES string of the molecule is Cn1c(Cc2ccccc2F)nc2c1CCC2C(=O)O. The van der Waals surface area contributed by atoms with Crippen LogP contribution in [0.4, 0.5) is 4.39 Å². The Labute approximate surface area is 115 Å². The van der Waals surface area contributed by atoms with E-state index in [1.807, 2.05) is 11.6 Å². The van der Waals surface area contributed by atoms with Gasteiger partial charge in [-0.2, -0.15) is 0 Å². The van der Waals surface area contributed by atoms with E-state index in [0.717, 1.165) is 5.69 Å². The van der Waals surface area contributed by atoms with Gasteiger partial charge >= 0.3 is 5.97 Å². The number of imidazole rings is 1. The van der Waals surface area contributed by atoms with Gasteiger partial charge in [-0.1, -0.05) is 18.2 Å². The van der Waals surface area contributed by atoms with E-state index in [0.29, 0.717) is 36.3 Å². The minimum absolute atomic E-state index is 0.259. The highest BCUT2D eigenvalue weighted by molar-refractivity contribution is 5.76. The number of halogens is 1. The van der Waals surface area contributed by atoms with Crippen molar-refractivity contribution in [3.8, 4) is 0 Å². The number of nitrogens with zero attached hydrogens (tertiary/aromatic N) is 2. The quantitative estimate of drug-likeness (QED) is 0.934. The number of carboxylic acids is 1. The van der Waals surface area contributed by atoms with Gasteiger partial charge in [-0.3, -0.25) is 4.79 Å². The summed E-state index contributed by atoms with van der Waals surface area (Å²) in [5, 5.41) is 9.18. The highest BCUT2D eigenvalue weighted by Crippen LogP contribution is 2.33. The number of fused-ring (bicyclic) bond motifs is 1. The molecule has 0 saturated carbocycles. The molecule has 0 amide bonds. The van der Waals surface area contributed by atoms with Crippen molar-refractivity contribution in [3.05, 3.63) is 52.9 Å². The summed E-state index contributed by atoms with van der Waals surface area (Å²) in [4.78, 5) is 15.6. The second-order valence-corrected chi connectivity index (χ2v) is 5.12. The molecule has 0 aliphatic heterocycles. The van der Waals surface area contributed by atoms with Gasteiger partial charge in [0.2, 0.25) is 0 Å².